The van der Waals surface area contributed by atoms with Crippen LogP contribution in [0.1, 0.15) is 37.2 Å². The molecule has 0 saturated carbocycles. The van der Waals surface area contributed by atoms with Crippen LogP contribution >= 0.6 is 0 Å². The number of fused-ring (bicyclic) bond motifs is 2. The summed E-state index contributed by atoms with van der Waals surface area (Å²) in [7, 11) is 1.45. The van der Waals surface area contributed by atoms with E-state index in [1.165, 1.54) is 7.11 Å². The number of carbonyl (C=O) groups excluding carboxylic acids is 1. The highest BCUT2D eigenvalue weighted by Gasteiger charge is 2.42. The molecule has 2 heterocycles. The number of nitrogens with zero attached hydrogens (tertiary/aromatic N) is 1. The van der Waals surface area contributed by atoms with Crippen molar-refractivity contribution in [3.63, 3.8) is 0 Å². The van der Waals surface area contributed by atoms with Crippen molar-refractivity contribution in [3.8, 4) is 0 Å². The van der Waals surface area contributed by atoms with E-state index >= 15 is 0 Å². The predicted octanol–water partition coefficient (Wildman–Crippen LogP) is 1.93. The number of carbonyl (C=O) groups is 1. The highest BCUT2D eigenvalue weighted by molar-refractivity contribution is 5.78. The molecule has 2 aliphatic rings. The summed E-state index contributed by atoms with van der Waals surface area (Å²) in [4.78, 5) is 14.6. The van der Waals surface area contributed by atoms with Crippen LogP contribution < -0.4 is 0 Å². The minimum Gasteiger partial charge on any atom is -0.469 e. The van der Waals surface area contributed by atoms with Crippen LogP contribution in [0.2, 0.25) is 0 Å². The molecule has 0 spiro atoms. The van der Waals surface area contributed by atoms with Crippen molar-refractivity contribution in [2.24, 2.45) is 0 Å². The molecular formula is C17H23NO3. The lowest BCUT2D eigenvalue weighted by atomic mass is 9.94. The third kappa shape index (κ3) is 2.97. The summed E-state index contributed by atoms with van der Waals surface area (Å²) < 4.78 is 5.01. The average Bonchev–Trinajstić information content (AvgIpc) is 2.74. The molecule has 1 aromatic carbocycles. The Morgan fingerprint density at radius 2 is 1.90 bits per heavy atom. The van der Waals surface area contributed by atoms with E-state index in [2.05, 4.69) is 4.90 Å². The Morgan fingerprint density at radius 1 is 1.29 bits per heavy atom. The van der Waals surface area contributed by atoms with E-state index in [-0.39, 0.29) is 18.0 Å². The molecule has 0 aliphatic carbocycles. The Morgan fingerprint density at radius 3 is 2.48 bits per heavy atom. The zero-order valence-electron chi connectivity index (χ0n) is 12.4. The van der Waals surface area contributed by atoms with Crippen molar-refractivity contribution in [1.82, 2.24) is 4.90 Å². The van der Waals surface area contributed by atoms with Crippen molar-refractivity contribution in [2.45, 2.75) is 49.8 Å². The molecule has 0 radical (unpaired) electrons. The number of rotatable bonds is 4. The molecule has 114 valence electrons. The van der Waals surface area contributed by atoms with Gasteiger partial charge in [-0.05, 0) is 31.2 Å². The second-order valence-electron chi connectivity index (χ2n) is 6.19. The first-order chi connectivity index (χ1) is 10.2. The Labute approximate surface area is 125 Å². The second-order valence-corrected chi connectivity index (χ2v) is 6.19. The monoisotopic (exact) mass is 289 g/mol. The normalized spacial score (nSPS) is 30.1. The van der Waals surface area contributed by atoms with E-state index in [0.717, 1.165) is 31.2 Å². The SMILES string of the molecule is COC(=O)C(CN1C2CCC1CC(O)C2)c1ccccc1. The van der Waals surface area contributed by atoms with Crippen molar-refractivity contribution >= 4 is 5.97 Å². The topological polar surface area (TPSA) is 49.8 Å². The highest BCUT2D eigenvalue weighted by Crippen LogP contribution is 2.37. The van der Waals surface area contributed by atoms with E-state index < -0.39 is 0 Å². The van der Waals surface area contributed by atoms with Gasteiger partial charge in [0.1, 0.15) is 0 Å². The Balaban J connectivity index is 1.78. The predicted molar refractivity (Wildman–Crippen MR) is 80.0 cm³/mol. The Hall–Kier alpha value is -1.39. The second kappa shape index (κ2) is 6.16. The van der Waals surface area contributed by atoms with Crippen molar-refractivity contribution in [1.29, 1.82) is 0 Å². The van der Waals surface area contributed by atoms with Gasteiger partial charge >= 0.3 is 5.97 Å². The number of ether oxygens (including phenoxy) is 1. The fourth-order valence-corrected chi connectivity index (χ4v) is 3.90. The molecule has 2 saturated heterocycles. The molecule has 3 rings (SSSR count). The van der Waals surface area contributed by atoms with Crippen LogP contribution in [0, 0.1) is 0 Å². The van der Waals surface area contributed by atoms with Crippen LogP contribution in [0.25, 0.3) is 0 Å². The number of methoxy groups -OCH3 is 1. The van der Waals surface area contributed by atoms with E-state index in [4.69, 9.17) is 4.74 Å². The molecule has 2 fully saturated rings. The third-order valence-electron chi connectivity index (χ3n) is 4.94. The molecular weight excluding hydrogens is 266 g/mol. The molecule has 0 aromatic heterocycles. The van der Waals surface area contributed by atoms with Gasteiger partial charge in [-0.2, -0.15) is 0 Å². The number of aliphatic hydroxyl groups is 1. The van der Waals surface area contributed by atoms with Crippen LogP contribution in [-0.2, 0) is 9.53 Å². The van der Waals surface area contributed by atoms with Gasteiger partial charge in [-0.15, -0.1) is 0 Å². The molecule has 0 amide bonds. The van der Waals surface area contributed by atoms with Gasteiger partial charge in [0.2, 0.25) is 0 Å². The summed E-state index contributed by atoms with van der Waals surface area (Å²) in [5.74, 6) is -0.415. The molecule has 3 atom stereocenters. The highest BCUT2D eigenvalue weighted by atomic mass is 16.5. The summed E-state index contributed by atoms with van der Waals surface area (Å²) in [6.07, 6.45) is 3.75. The standard InChI is InChI=1S/C17H23NO3/c1-21-17(20)16(12-5-3-2-4-6-12)11-18-13-7-8-14(18)10-15(19)9-13/h2-6,13-16,19H,7-11H2,1H3. The number of hydrogen-bond donors (Lipinski definition) is 1. The number of benzene rings is 1. The largest absolute Gasteiger partial charge is 0.469 e. The first-order valence-corrected chi connectivity index (χ1v) is 7.75. The van der Waals surface area contributed by atoms with Crippen molar-refractivity contribution in [2.75, 3.05) is 13.7 Å². The van der Waals surface area contributed by atoms with Gasteiger partial charge in [0.25, 0.3) is 0 Å². The molecule has 3 unspecified atom stereocenters. The van der Waals surface area contributed by atoms with Crippen LogP contribution in [0.15, 0.2) is 30.3 Å². The number of hydrogen-bond acceptors (Lipinski definition) is 4. The summed E-state index contributed by atoms with van der Waals surface area (Å²) in [6, 6.07) is 10.7. The van der Waals surface area contributed by atoms with E-state index in [1.54, 1.807) is 0 Å². The molecule has 2 aliphatic heterocycles. The maximum Gasteiger partial charge on any atom is 0.314 e. The Bertz CT molecular complexity index is 476. The van der Waals surface area contributed by atoms with Crippen molar-refractivity contribution in [3.05, 3.63) is 35.9 Å². The smallest absolute Gasteiger partial charge is 0.314 e. The minimum absolute atomic E-state index is 0.174. The lowest BCUT2D eigenvalue weighted by Gasteiger charge is -2.38. The lowest BCUT2D eigenvalue weighted by Crippen LogP contribution is -2.47. The fourth-order valence-electron chi connectivity index (χ4n) is 3.90. The maximum atomic E-state index is 12.2. The molecule has 21 heavy (non-hydrogen) atoms. The van der Waals surface area contributed by atoms with Gasteiger partial charge in [0.15, 0.2) is 0 Å². The van der Waals surface area contributed by atoms with Crippen LogP contribution in [-0.4, -0.2) is 47.8 Å². The average molecular weight is 289 g/mol. The van der Waals surface area contributed by atoms with Gasteiger partial charge in [-0.25, -0.2) is 0 Å². The van der Waals surface area contributed by atoms with Crippen LogP contribution in [0.5, 0.6) is 0 Å². The van der Waals surface area contributed by atoms with Crippen LogP contribution in [0.4, 0.5) is 0 Å². The van der Waals surface area contributed by atoms with Gasteiger partial charge in [0, 0.05) is 18.6 Å². The van der Waals surface area contributed by atoms with Crippen LogP contribution in [0.3, 0.4) is 0 Å². The zero-order valence-corrected chi connectivity index (χ0v) is 12.4. The summed E-state index contributed by atoms with van der Waals surface area (Å²) in [5.41, 5.74) is 1.01. The number of aliphatic hydroxyl groups excluding tert-OH is 1. The van der Waals surface area contributed by atoms with E-state index in [1.807, 2.05) is 30.3 Å². The number of esters is 1. The third-order valence-corrected chi connectivity index (χ3v) is 4.94. The van der Waals surface area contributed by atoms with Gasteiger partial charge in [0.05, 0.1) is 19.1 Å². The van der Waals surface area contributed by atoms with Gasteiger partial charge in [-0.3, -0.25) is 9.69 Å². The minimum atomic E-state index is -0.241. The summed E-state index contributed by atoms with van der Waals surface area (Å²) >= 11 is 0. The van der Waals surface area contributed by atoms with E-state index in [9.17, 15) is 9.90 Å². The zero-order chi connectivity index (χ0) is 14.8. The summed E-state index contributed by atoms with van der Waals surface area (Å²) in [6.45, 7) is 0.693. The van der Waals surface area contributed by atoms with Crippen molar-refractivity contribution < 1.29 is 14.6 Å². The number of piperidine rings is 1. The lowest BCUT2D eigenvalue weighted by molar-refractivity contribution is -0.143. The van der Waals surface area contributed by atoms with Gasteiger partial charge in [-0.1, -0.05) is 30.3 Å². The first-order valence-electron chi connectivity index (χ1n) is 7.75. The quantitative estimate of drug-likeness (QED) is 0.861. The first kappa shape index (κ1) is 14.5. The molecule has 1 N–H and O–H groups in total. The fraction of sp³-hybridized carbons (Fsp3) is 0.588. The molecule has 2 bridgehead atoms. The maximum absolute atomic E-state index is 12.2. The molecule has 4 heteroatoms. The van der Waals surface area contributed by atoms with Gasteiger partial charge < -0.3 is 9.84 Å². The Kier molecular flexibility index (Phi) is 4.27. The van der Waals surface area contributed by atoms with E-state index in [0.29, 0.717) is 18.6 Å². The summed E-state index contributed by atoms with van der Waals surface area (Å²) in [5, 5.41) is 9.90. The molecule has 1 aromatic rings. The molecule has 4 nitrogen and oxygen atoms in total.